The van der Waals surface area contributed by atoms with Crippen molar-refractivity contribution < 1.29 is 4.74 Å². The van der Waals surface area contributed by atoms with Crippen LogP contribution in [0.2, 0.25) is 10.0 Å². The molecule has 4 nitrogen and oxygen atoms in total. The third-order valence-corrected chi connectivity index (χ3v) is 6.72. The van der Waals surface area contributed by atoms with Crippen LogP contribution in [-0.2, 0) is 6.54 Å². The third kappa shape index (κ3) is 4.63. The van der Waals surface area contributed by atoms with Gasteiger partial charge in [-0.05, 0) is 74.5 Å². The lowest BCUT2D eigenvalue weighted by molar-refractivity contribution is 0.222. The van der Waals surface area contributed by atoms with Gasteiger partial charge < -0.3 is 14.2 Å². The van der Waals surface area contributed by atoms with Crippen LogP contribution in [0.1, 0.15) is 19.3 Å². The van der Waals surface area contributed by atoms with Gasteiger partial charge in [-0.15, -0.1) is 0 Å². The molecule has 0 radical (unpaired) electrons. The van der Waals surface area contributed by atoms with Crippen LogP contribution in [0.15, 0.2) is 66.7 Å². The summed E-state index contributed by atoms with van der Waals surface area (Å²) < 4.78 is 8.29. The van der Waals surface area contributed by atoms with Gasteiger partial charge in [0, 0.05) is 24.7 Å². The van der Waals surface area contributed by atoms with Gasteiger partial charge in [0.15, 0.2) is 0 Å². The molecule has 0 aliphatic carbocycles. The molecule has 0 spiro atoms. The molecule has 0 N–H and O–H groups in total. The molecule has 4 aromatic rings. The summed E-state index contributed by atoms with van der Waals surface area (Å²) >= 11 is 12.1. The molecular weight excluding hydrogens is 441 g/mol. The van der Waals surface area contributed by atoms with E-state index in [1.54, 1.807) is 12.1 Å². The number of para-hydroxylation sites is 2. The molecule has 1 aromatic heterocycles. The highest BCUT2D eigenvalue weighted by Crippen LogP contribution is 2.31. The predicted octanol–water partition coefficient (Wildman–Crippen LogP) is 7.29. The first-order valence-corrected chi connectivity index (χ1v) is 11.8. The Bertz CT molecular complexity index is 1210. The van der Waals surface area contributed by atoms with Crippen LogP contribution in [0, 0.1) is 0 Å². The van der Waals surface area contributed by atoms with E-state index in [0.29, 0.717) is 15.8 Å². The number of halogens is 2. The Kier molecular flexibility index (Phi) is 6.35. The molecule has 0 amide bonds. The van der Waals surface area contributed by atoms with Crippen molar-refractivity contribution in [3.63, 3.8) is 0 Å². The molecule has 2 heterocycles. The van der Waals surface area contributed by atoms with Crippen molar-refractivity contribution in [2.45, 2.75) is 25.8 Å². The molecule has 0 atom stereocenters. The monoisotopic (exact) mass is 465 g/mol. The number of fused-ring (bicyclic) bond motifs is 1. The maximum Gasteiger partial charge on any atom is 0.141 e. The van der Waals surface area contributed by atoms with E-state index in [4.69, 9.17) is 32.9 Å². The number of hydrogen-bond acceptors (Lipinski definition) is 3. The number of aromatic nitrogens is 2. The number of imidazole rings is 1. The van der Waals surface area contributed by atoms with Gasteiger partial charge in [-0.2, -0.15) is 0 Å². The first-order chi connectivity index (χ1) is 15.7. The normalized spacial score (nSPS) is 14.7. The average Bonchev–Trinajstić information content (AvgIpc) is 3.20. The van der Waals surface area contributed by atoms with Crippen LogP contribution in [0.4, 0.5) is 0 Å². The SMILES string of the molecule is Clc1ccc(Oc2ccc(-c3nc4ccccc4n3CCN3CCCCC3)cc2)cc1Cl. The molecular formula is C26H25Cl2N3O. The summed E-state index contributed by atoms with van der Waals surface area (Å²) in [7, 11) is 0. The Labute approximate surface area is 198 Å². The number of piperidine rings is 1. The largest absolute Gasteiger partial charge is 0.457 e. The highest BCUT2D eigenvalue weighted by molar-refractivity contribution is 6.42. The van der Waals surface area contributed by atoms with Crippen LogP contribution >= 0.6 is 23.2 Å². The van der Waals surface area contributed by atoms with Gasteiger partial charge in [-0.3, -0.25) is 0 Å². The summed E-state index contributed by atoms with van der Waals surface area (Å²) in [6, 6.07) is 21.7. The lowest BCUT2D eigenvalue weighted by atomic mass is 10.1. The summed E-state index contributed by atoms with van der Waals surface area (Å²) in [5, 5.41) is 0.987. The standard InChI is InChI=1S/C26H25Cl2N3O/c27-22-13-12-21(18-23(22)28)32-20-10-8-19(9-11-20)26-29-24-6-2-3-7-25(24)31(26)17-16-30-14-4-1-5-15-30/h2-3,6-13,18H,1,4-5,14-17H2. The molecule has 32 heavy (non-hydrogen) atoms. The number of hydrogen-bond donors (Lipinski definition) is 0. The first kappa shape index (κ1) is 21.3. The molecule has 0 unspecified atom stereocenters. The number of nitrogens with zero attached hydrogens (tertiary/aromatic N) is 3. The second-order valence-electron chi connectivity index (χ2n) is 8.18. The summed E-state index contributed by atoms with van der Waals surface area (Å²) in [6.07, 6.45) is 3.96. The Balaban J connectivity index is 1.40. The van der Waals surface area contributed by atoms with Crippen molar-refractivity contribution in [1.29, 1.82) is 0 Å². The highest BCUT2D eigenvalue weighted by atomic mass is 35.5. The minimum Gasteiger partial charge on any atom is -0.457 e. The molecule has 1 aliphatic rings. The molecule has 0 bridgehead atoms. The minimum atomic E-state index is 0.475. The maximum atomic E-state index is 6.10. The van der Waals surface area contributed by atoms with E-state index in [2.05, 4.69) is 39.8 Å². The molecule has 3 aromatic carbocycles. The number of benzene rings is 3. The van der Waals surface area contributed by atoms with Crippen molar-refractivity contribution >= 4 is 34.2 Å². The summed E-state index contributed by atoms with van der Waals surface area (Å²) in [4.78, 5) is 7.52. The van der Waals surface area contributed by atoms with E-state index in [1.165, 1.54) is 37.9 Å². The number of ether oxygens (including phenoxy) is 1. The molecule has 1 saturated heterocycles. The van der Waals surface area contributed by atoms with Gasteiger partial charge >= 0.3 is 0 Å². The Hall–Kier alpha value is -2.53. The van der Waals surface area contributed by atoms with Gasteiger partial charge in [0.25, 0.3) is 0 Å². The second-order valence-corrected chi connectivity index (χ2v) is 8.99. The van der Waals surface area contributed by atoms with Crippen LogP contribution in [0.25, 0.3) is 22.4 Å². The molecule has 1 fully saturated rings. The van der Waals surface area contributed by atoms with Gasteiger partial charge in [0.05, 0.1) is 21.1 Å². The summed E-state index contributed by atoms with van der Waals surface area (Å²) in [6.45, 7) is 4.37. The topological polar surface area (TPSA) is 30.3 Å². The lowest BCUT2D eigenvalue weighted by Crippen LogP contribution is -2.32. The third-order valence-electron chi connectivity index (χ3n) is 5.98. The first-order valence-electron chi connectivity index (χ1n) is 11.1. The van der Waals surface area contributed by atoms with Gasteiger partial charge in [-0.1, -0.05) is 41.8 Å². The van der Waals surface area contributed by atoms with Gasteiger partial charge in [0.1, 0.15) is 17.3 Å². The van der Waals surface area contributed by atoms with Crippen LogP contribution in [0.3, 0.4) is 0 Å². The summed E-state index contributed by atoms with van der Waals surface area (Å²) in [5.74, 6) is 2.38. The van der Waals surface area contributed by atoms with Crippen molar-refractivity contribution in [3.8, 4) is 22.9 Å². The number of rotatable bonds is 6. The fourth-order valence-corrected chi connectivity index (χ4v) is 4.58. The van der Waals surface area contributed by atoms with E-state index in [9.17, 15) is 0 Å². The van der Waals surface area contributed by atoms with Crippen molar-refractivity contribution in [1.82, 2.24) is 14.5 Å². The molecule has 164 valence electrons. The van der Waals surface area contributed by atoms with Gasteiger partial charge in [0.2, 0.25) is 0 Å². The van der Waals surface area contributed by atoms with Crippen molar-refractivity contribution in [3.05, 3.63) is 76.8 Å². The zero-order chi connectivity index (χ0) is 21.9. The summed E-state index contributed by atoms with van der Waals surface area (Å²) in [5.41, 5.74) is 3.27. The maximum absolute atomic E-state index is 6.10. The average molecular weight is 466 g/mol. The Morgan fingerprint density at radius 2 is 1.53 bits per heavy atom. The van der Waals surface area contributed by atoms with E-state index in [-0.39, 0.29) is 0 Å². The molecule has 5 rings (SSSR count). The smallest absolute Gasteiger partial charge is 0.141 e. The zero-order valence-electron chi connectivity index (χ0n) is 17.8. The zero-order valence-corrected chi connectivity index (χ0v) is 19.3. The van der Waals surface area contributed by atoms with Crippen LogP contribution in [0.5, 0.6) is 11.5 Å². The second kappa shape index (κ2) is 9.53. The fraction of sp³-hybridized carbons (Fsp3) is 0.269. The fourth-order valence-electron chi connectivity index (χ4n) is 4.30. The Morgan fingerprint density at radius 3 is 2.31 bits per heavy atom. The van der Waals surface area contributed by atoms with E-state index >= 15 is 0 Å². The predicted molar refractivity (Wildman–Crippen MR) is 132 cm³/mol. The quantitative estimate of drug-likeness (QED) is 0.299. The van der Waals surface area contributed by atoms with E-state index < -0.39 is 0 Å². The van der Waals surface area contributed by atoms with Crippen molar-refractivity contribution in [2.75, 3.05) is 19.6 Å². The minimum absolute atomic E-state index is 0.475. The van der Waals surface area contributed by atoms with Crippen molar-refractivity contribution in [2.24, 2.45) is 0 Å². The molecule has 1 aliphatic heterocycles. The molecule has 6 heteroatoms. The van der Waals surface area contributed by atoms with Crippen LogP contribution < -0.4 is 4.74 Å². The van der Waals surface area contributed by atoms with Crippen LogP contribution in [-0.4, -0.2) is 34.1 Å². The molecule has 0 saturated carbocycles. The highest BCUT2D eigenvalue weighted by Gasteiger charge is 2.15. The Morgan fingerprint density at radius 1 is 0.781 bits per heavy atom. The van der Waals surface area contributed by atoms with Gasteiger partial charge in [-0.25, -0.2) is 4.98 Å². The van der Waals surface area contributed by atoms with E-state index in [0.717, 1.165) is 35.7 Å². The number of likely N-dealkylation sites (tertiary alicyclic amines) is 1. The van der Waals surface area contributed by atoms with E-state index in [1.807, 2.05) is 24.3 Å². The lowest BCUT2D eigenvalue weighted by Gasteiger charge is -2.26.